The summed E-state index contributed by atoms with van der Waals surface area (Å²) in [5, 5.41) is 5.73. The van der Waals surface area contributed by atoms with E-state index in [2.05, 4.69) is 61.3 Å². The number of benzene rings is 2. The van der Waals surface area contributed by atoms with Gasteiger partial charge in [0.15, 0.2) is 0 Å². The van der Waals surface area contributed by atoms with Gasteiger partial charge in [0, 0.05) is 46.3 Å². The van der Waals surface area contributed by atoms with Crippen LogP contribution in [0, 0.1) is 0 Å². The van der Waals surface area contributed by atoms with Crippen LogP contribution < -0.4 is 10.2 Å². The van der Waals surface area contributed by atoms with Crippen molar-refractivity contribution in [3.05, 3.63) is 59.6 Å². The third-order valence-electron chi connectivity index (χ3n) is 5.31. The van der Waals surface area contributed by atoms with E-state index in [4.69, 9.17) is 16.6 Å². The summed E-state index contributed by atoms with van der Waals surface area (Å²) in [6.45, 7) is 8.85. The number of fused-ring (bicyclic) bond motifs is 1. The van der Waals surface area contributed by atoms with Crippen LogP contribution in [0.5, 0.6) is 0 Å². The molecule has 0 amide bonds. The summed E-state index contributed by atoms with van der Waals surface area (Å²) in [5.74, 6) is 0. The van der Waals surface area contributed by atoms with E-state index < -0.39 is 0 Å². The van der Waals surface area contributed by atoms with Gasteiger partial charge in [-0.15, -0.1) is 0 Å². The molecule has 146 valence electrons. The normalized spacial score (nSPS) is 15.9. The smallest absolute Gasteiger partial charge is 0.0730 e. The highest BCUT2D eigenvalue weighted by molar-refractivity contribution is 6.30. The zero-order valence-electron chi connectivity index (χ0n) is 16.9. The first-order chi connectivity index (χ1) is 13.4. The highest BCUT2D eigenvalue weighted by atomic mass is 35.5. The molecule has 4 rings (SSSR count). The zero-order valence-corrected chi connectivity index (χ0v) is 17.6. The number of hydrogen-bond acceptors (Lipinski definition) is 3. The molecular formula is C24H28ClN3. The molecule has 0 unspecified atom stereocenters. The highest BCUT2D eigenvalue weighted by Crippen LogP contribution is 2.33. The molecular weight excluding hydrogens is 366 g/mol. The van der Waals surface area contributed by atoms with Gasteiger partial charge in [0.25, 0.3) is 0 Å². The minimum absolute atomic E-state index is 0.165. The van der Waals surface area contributed by atoms with Crippen LogP contribution in [0.1, 0.15) is 33.6 Å². The van der Waals surface area contributed by atoms with Crippen molar-refractivity contribution >= 4 is 28.2 Å². The number of nitrogens with zero attached hydrogens (tertiary/aromatic N) is 2. The Balaban J connectivity index is 1.66. The van der Waals surface area contributed by atoms with E-state index in [0.717, 1.165) is 47.7 Å². The molecule has 3 aromatic rings. The SMILES string of the molecule is CC(C)(C)NC1CCN(c2cc(-c3ccc(Cl)cc3)nc3ccccc23)CC1. The molecule has 2 heterocycles. The van der Waals surface area contributed by atoms with Crippen molar-refractivity contribution in [2.24, 2.45) is 0 Å². The van der Waals surface area contributed by atoms with E-state index in [0.29, 0.717) is 6.04 Å². The van der Waals surface area contributed by atoms with Crippen LogP contribution in [0.15, 0.2) is 54.6 Å². The summed E-state index contributed by atoms with van der Waals surface area (Å²) in [6, 6.07) is 19.2. The average Bonchev–Trinajstić information content (AvgIpc) is 2.67. The van der Waals surface area contributed by atoms with Crippen molar-refractivity contribution in [3.8, 4) is 11.3 Å². The van der Waals surface area contributed by atoms with Crippen molar-refractivity contribution in [1.29, 1.82) is 0 Å². The molecule has 1 aliphatic rings. The Kier molecular flexibility index (Phi) is 5.31. The summed E-state index contributed by atoms with van der Waals surface area (Å²) in [4.78, 5) is 7.43. The summed E-state index contributed by atoms with van der Waals surface area (Å²) >= 11 is 6.07. The van der Waals surface area contributed by atoms with Gasteiger partial charge in [0.2, 0.25) is 0 Å². The zero-order chi connectivity index (χ0) is 19.7. The molecule has 28 heavy (non-hydrogen) atoms. The predicted octanol–water partition coefficient (Wildman–Crippen LogP) is 5.91. The highest BCUT2D eigenvalue weighted by Gasteiger charge is 2.24. The van der Waals surface area contributed by atoms with Crippen molar-refractivity contribution in [2.45, 2.75) is 45.2 Å². The fourth-order valence-electron chi connectivity index (χ4n) is 4.06. The van der Waals surface area contributed by atoms with Gasteiger partial charge in [-0.1, -0.05) is 41.9 Å². The van der Waals surface area contributed by atoms with Gasteiger partial charge in [0.1, 0.15) is 0 Å². The Bertz CT molecular complexity index is 952. The largest absolute Gasteiger partial charge is 0.371 e. The number of rotatable bonds is 3. The van der Waals surface area contributed by atoms with Gasteiger partial charge in [-0.25, -0.2) is 4.98 Å². The molecule has 1 aromatic heterocycles. The van der Waals surface area contributed by atoms with Crippen LogP contribution in [0.2, 0.25) is 5.02 Å². The standard InChI is InChI=1S/C24H28ClN3/c1-24(2,3)27-19-12-14-28(15-13-19)23-16-22(17-8-10-18(25)11-9-17)26-21-7-5-4-6-20(21)23/h4-11,16,19,27H,12-15H2,1-3H3. The number of aromatic nitrogens is 1. The van der Waals surface area contributed by atoms with Gasteiger partial charge < -0.3 is 10.2 Å². The maximum atomic E-state index is 6.07. The van der Waals surface area contributed by atoms with E-state index in [1.807, 2.05) is 24.3 Å². The van der Waals surface area contributed by atoms with Gasteiger partial charge in [-0.3, -0.25) is 0 Å². The van der Waals surface area contributed by atoms with E-state index in [1.54, 1.807) is 0 Å². The average molecular weight is 394 g/mol. The monoisotopic (exact) mass is 393 g/mol. The lowest BCUT2D eigenvalue weighted by Crippen LogP contribution is -2.49. The maximum Gasteiger partial charge on any atom is 0.0730 e. The summed E-state index contributed by atoms with van der Waals surface area (Å²) in [6.07, 6.45) is 2.31. The van der Waals surface area contributed by atoms with Gasteiger partial charge in [0.05, 0.1) is 11.2 Å². The van der Waals surface area contributed by atoms with Crippen molar-refractivity contribution in [2.75, 3.05) is 18.0 Å². The summed E-state index contributed by atoms with van der Waals surface area (Å²) < 4.78 is 0. The van der Waals surface area contributed by atoms with Crippen molar-refractivity contribution < 1.29 is 0 Å². The second kappa shape index (κ2) is 7.73. The number of para-hydroxylation sites is 1. The number of nitrogens with one attached hydrogen (secondary N) is 1. The van der Waals surface area contributed by atoms with Crippen molar-refractivity contribution in [3.63, 3.8) is 0 Å². The van der Waals surface area contributed by atoms with Crippen LogP contribution in [-0.2, 0) is 0 Å². The quantitative estimate of drug-likeness (QED) is 0.599. The van der Waals surface area contributed by atoms with Crippen LogP contribution in [0.3, 0.4) is 0 Å². The summed E-state index contributed by atoms with van der Waals surface area (Å²) in [5.41, 5.74) is 4.59. The third kappa shape index (κ3) is 4.31. The number of anilines is 1. The Hall–Kier alpha value is -2.10. The van der Waals surface area contributed by atoms with Crippen LogP contribution >= 0.6 is 11.6 Å². The molecule has 0 atom stereocenters. The number of halogens is 1. The molecule has 0 radical (unpaired) electrons. The topological polar surface area (TPSA) is 28.2 Å². The Morgan fingerprint density at radius 1 is 1.00 bits per heavy atom. The van der Waals surface area contributed by atoms with Crippen molar-refractivity contribution in [1.82, 2.24) is 10.3 Å². The number of pyridine rings is 1. The molecule has 0 spiro atoms. The fraction of sp³-hybridized carbons (Fsp3) is 0.375. The molecule has 1 aliphatic heterocycles. The van der Waals surface area contributed by atoms with Crippen LogP contribution in [0.4, 0.5) is 5.69 Å². The van der Waals surface area contributed by atoms with Gasteiger partial charge in [-0.05, 0) is 57.9 Å². The molecule has 4 heteroatoms. The van der Waals surface area contributed by atoms with Crippen LogP contribution in [-0.4, -0.2) is 29.7 Å². The second-order valence-electron chi connectivity index (χ2n) is 8.71. The predicted molar refractivity (Wildman–Crippen MR) is 120 cm³/mol. The Labute approximate surface area is 172 Å². The lowest BCUT2D eigenvalue weighted by molar-refractivity contribution is 0.317. The van der Waals surface area contributed by atoms with E-state index in [9.17, 15) is 0 Å². The Morgan fingerprint density at radius 2 is 1.68 bits per heavy atom. The minimum Gasteiger partial charge on any atom is -0.371 e. The van der Waals surface area contributed by atoms with E-state index >= 15 is 0 Å². The number of piperidine rings is 1. The fourth-order valence-corrected chi connectivity index (χ4v) is 4.19. The van der Waals surface area contributed by atoms with Crippen LogP contribution in [0.25, 0.3) is 22.2 Å². The summed E-state index contributed by atoms with van der Waals surface area (Å²) in [7, 11) is 0. The molecule has 1 N–H and O–H groups in total. The molecule has 1 saturated heterocycles. The van der Waals surface area contributed by atoms with E-state index in [1.165, 1.54) is 11.1 Å². The number of hydrogen-bond donors (Lipinski definition) is 1. The van der Waals surface area contributed by atoms with Gasteiger partial charge >= 0.3 is 0 Å². The minimum atomic E-state index is 0.165. The van der Waals surface area contributed by atoms with Gasteiger partial charge in [-0.2, -0.15) is 0 Å². The first-order valence-corrected chi connectivity index (χ1v) is 10.5. The van der Waals surface area contributed by atoms with E-state index in [-0.39, 0.29) is 5.54 Å². The lowest BCUT2D eigenvalue weighted by Gasteiger charge is -2.37. The first kappa shape index (κ1) is 19.2. The third-order valence-corrected chi connectivity index (χ3v) is 5.56. The lowest BCUT2D eigenvalue weighted by atomic mass is 9.98. The molecule has 0 saturated carbocycles. The second-order valence-corrected chi connectivity index (χ2v) is 9.14. The molecule has 0 bridgehead atoms. The first-order valence-electron chi connectivity index (χ1n) is 10.1. The molecule has 1 fully saturated rings. The Morgan fingerprint density at radius 3 is 2.36 bits per heavy atom. The molecule has 2 aromatic carbocycles. The molecule has 0 aliphatic carbocycles. The maximum absolute atomic E-state index is 6.07. The molecule has 3 nitrogen and oxygen atoms in total.